The van der Waals surface area contributed by atoms with E-state index in [-0.39, 0.29) is 0 Å². The number of benzene rings is 2. The Morgan fingerprint density at radius 3 is 2.42 bits per heavy atom. The highest BCUT2D eigenvalue weighted by Crippen LogP contribution is 2.37. The summed E-state index contributed by atoms with van der Waals surface area (Å²) in [6.07, 6.45) is 8.83. The van der Waals surface area contributed by atoms with E-state index in [9.17, 15) is 0 Å². The maximum atomic E-state index is 6.43. The first kappa shape index (κ1) is 20.2. The SMILES string of the molecule is Cc1ccc2c(oc3nc(-c4ccc(C5CCCCC5)cc4)ccc32)c1-c1cccc[n+]1C. The second-order valence-electron chi connectivity index (χ2n) is 9.44. The molecule has 0 bridgehead atoms. The van der Waals surface area contributed by atoms with E-state index in [4.69, 9.17) is 9.40 Å². The van der Waals surface area contributed by atoms with E-state index in [1.165, 1.54) is 43.2 Å². The maximum Gasteiger partial charge on any atom is 0.227 e. The van der Waals surface area contributed by atoms with Gasteiger partial charge in [-0.15, -0.1) is 0 Å². The van der Waals surface area contributed by atoms with Crippen LogP contribution in [0.1, 0.15) is 49.1 Å². The molecule has 2 aromatic carbocycles. The quantitative estimate of drug-likeness (QED) is 0.276. The van der Waals surface area contributed by atoms with Crippen molar-refractivity contribution in [3.63, 3.8) is 0 Å². The minimum atomic E-state index is 0.698. The normalized spacial score (nSPS) is 14.8. The van der Waals surface area contributed by atoms with E-state index in [0.717, 1.165) is 44.8 Å². The minimum absolute atomic E-state index is 0.698. The van der Waals surface area contributed by atoms with Gasteiger partial charge in [-0.1, -0.05) is 55.7 Å². The number of aryl methyl sites for hydroxylation is 2. The molecule has 164 valence electrons. The summed E-state index contributed by atoms with van der Waals surface area (Å²) in [6.45, 7) is 2.14. The van der Waals surface area contributed by atoms with E-state index in [1.54, 1.807) is 0 Å². The van der Waals surface area contributed by atoms with Gasteiger partial charge < -0.3 is 4.42 Å². The summed E-state index contributed by atoms with van der Waals surface area (Å²) in [5.74, 6) is 0.722. The minimum Gasteiger partial charge on any atom is -0.437 e. The van der Waals surface area contributed by atoms with Gasteiger partial charge in [-0.25, -0.2) is 9.55 Å². The first-order chi connectivity index (χ1) is 16.2. The zero-order chi connectivity index (χ0) is 22.4. The largest absolute Gasteiger partial charge is 0.437 e. The first-order valence-corrected chi connectivity index (χ1v) is 12.1. The van der Waals surface area contributed by atoms with Gasteiger partial charge >= 0.3 is 0 Å². The average Bonchev–Trinajstić information content (AvgIpc) is 3.23. The molecule has 0 radical (unpaired) electrons. The van der Waals surface area contributed by atoms with Gasteiger partial charge in [0, 0.05) is 28.5 Å². The lowest BCUT2D eigenvalue weighted by molar-refractivity contribution is -0.660. The van der Waals surface area contributed by atoms with E-state index >= 15 is 0 Å². The van der Waals surface area contributed by atoms with Gasteiger partial charge in [-0.05, 0) is 55.0 Å². The van der Waals surface area contributed by atoms with Crippen LogP contribution >= 0.6 is 0 Å². The second kappa shape index (κ2) is 8.15. The van der Waals surface area contributed by atoms with Gasteiger partial charge in [-0.2, -0.15) is 0 Å². The summed E-state index contributed by atoms with van der Waals surface area (Å²) in [6, 6.07) is 23.9. The molecule has 0 N–H and O–H groups in total. The van der Waals surface area contributed by atoms with Crippen molar-refractivity contribution in [2.24, 2.45) is 7.05 Å². The van der Waals surface area contributed by atoms with Crippen LogP contribution in [0.4, 0.5) is 0 Å². The standard InChI is InChI=1S/C30H29N2O/c1-20-11-16-24-25-17-18-26(23-14-12-22(13-15-23)21-8-4-3-5-9-21)31-30(25)33-29(24)28(20)27-10-6-7-19-32(27)2/h6-7,10-19,21H,3-5,8-9H2,1-2H3/q+1. The third-order valence-corrected chi connectivity index (χ3v) is 7.31. The van der Waals surface area contributed by atoms with Crippen LogP contribution in [0.15, 0.2) is 77.3 Å². The van der Waals surface area contributed by atoms with Crippen LogP contribution in [-0.2, 0) is 7.05 Å². The Morgan fingerprint density at radius 2 is 1.64 bits per heavy atom. The zero-order valence-corrected chi connectivity index (χ0v) is 19.3. The second-order valence-corrected chi connectivity index (χ2v) is 9.44. The Balaban J connectivity index is 1.43. The highest BCUT2D eigenvalue weighted by atomic mass is 16.3. The molecule has 0 unspecified atom stereocenters. The topological polar surface area (TPSA) is 29.9 Å². The third kappa shape index (κ3) is 3.52. The summed E-state index contributed by atoms with van der Waals surface area (Å²) in [5.41, 5.74) is 8.64. The van der Waals surface area contributed by atoms with Crippen LogP contribution in [-0.4, -0.2) is 4.98 Å². The molecule has 3 nitrogen and oxygen atoms in total. The monoisotopic (exact) mass is 433 g/mol. The van der Waals surface area contributed by atoms with Crippen LogP contribution in [0.3, 0.4) is 0 Å². The summed E-state index contributed by atoms with van der Waals surface area (Å²) >= 11 is 0. The Kier molecular flexibility index (Phi) is 4.98. The molecule has 5 aromatic rings. The van der Waals surface area contributed by atoms with Crippen molar-refractivity contribution >= 4 is 22.1 Å². The molecule has 0 aliphatic heterocycles. The van der Waals surface area contributed by atoms with Crippen molar-refractivity contribution in [1.29, 1.82) is 0 Å². The van der Waals surface area contributed by atoms with Gasteiger partial charge in [0.15, 0.2) is 11.8 Å². The fourth-order valence-corrected chi connectivity index (χ4v) is 5.44. The molecule has 1 fully saturated rings. The third-order valence-electron chi connectivity index (χ3n) is 7.31. The van der Waals surface area contributed by atoms with Crippen LogP contribution in [0.25, 0.3) is 44.6 Å². The highest BCUT2D eigenvalue weighted by Gasteiger charge is 2.21. The highest BCUT2D eigenvalue weighted by molar-refractivity contribution is 6.09. The van der Waals surface area contributed by atoms with E-state index in [2.05, 4.69) is 85.4 Å². The van der Waals surface area contributed by atoms with Crippen LogP contribution in [0.2, 0.25) is 0 Å². The number of pyridine rings is 2. The molecule has 3 heterocycles. The van der Waals surface area contributed by atoms with Crippen molar-refractivity contribution in [2.45, 2.75) is 44.9 Å². The zero-order valence-electron chi connectivity index (χ0n) is 19.3. The summed E-state index contributed by atoms with van der Waals surface area (Å²) in [4.78, 5) is 4.94. The van der Waals surface area contributed by atoms with Crippen molar-refractivity contribution in [3.05, 3.63) is 84.1 Å². The number of furan rings is 1. The molecule has 3 heteroatoms. The van der Waals surface area contributed by atoms with Crippen molar-refractivity contribution < 1.29 is 8.98 Å². The number of nitrogens with zero attached hydrogens (tertiary/aromatic N) is 2. The molecule has 1 saturated carbocycles. The fourth-order valence-electron chi connectivity index (χ4n) is 5.44. The van der Waals surface area contributed by atoms with Gasteiger partial charge in [0.25, 0.3) is 0 Å². The molecule has 33 heavy (non-hydrogen) atoms. The fraction of sp³-hybridized carbons (Fsp3) is 0.267. The van der Waals surface area contributed by atoms with Gasteiger partial charge in [0.05, 0.1) is 11.3 Å². The predicted molar refractivity (Wildman–Crippen MR) is 134 cm³/mol. The molecule has 0 spiro atoms. The summed E-state index contributed by atoms with van der Waals surface area (Å²) < 4.78 is 8.57. The Morgan fingerprint density at radius 1 is 0.848 bits per heavy atom. The van der Waals surface area contributed by atoms with Gasteiger partial charge in [-0.3, -0.25) is 0 Å². The van der Waals surface area contributed by atoms with Crippen LogP contribution in [0.5, 0.6) is 0 Å². The first-order valence-electron chi connectivity index (χ1n) is 12.1. The predicted octanol–water partition coefficient (Wildman–Crippen LogP) is 7.50. The van der Waals surface area contributed by atoms with Crippen molar-refractivity contribution in [2.75, 3.05) is 0 Å². The Labute approximate surface area is 194 Å². The maximum absolute atomic E-state index is 6.43. The molecule has 3 aromatic heterocycles. The average molecular weight is 434 g/mol. The molecular weight excluding hydrogens is 404 g/mol. The van der Waals surface area contributed by atoms with Crippen LogP contribution in [0, 0.1) is 6.92 Å². The number of rotatable bonds is 3. The van der Waals surface area contributed by atoms with Crippen molar-refractivity contribution in [1.82, 2.24) is 4.98 Å². The van der Waals surface area contributed by atoms with Crippen molar-refractivity contribution in [3.8, 4) is 22.5 Å². The molecule has 0 atom stereocenters. The summed E-state index contributed by atoms with van der Waals surface area (Å²) in [7, 11) is 2.07. The molecule has 6 rings (SSSR count). The van der Waals surface area contributed by atoms with E-state index in [1.807, 2.05) is 6.07 Å². The Hall–Kier alpha value is -3.46. The molecule has 0 saturated heterocycles. The molecule has 1 aliphatic carbocycles. The number of hydrogen-bond acceptors (Lipinski definition) is 2. The lowest BCUT2D eigenvalue weighted by Gasteiger charge is -2.22. The Bertz CT molecular complexity index is 1460. The number of fused-ring (bicyclic) bond motifs is 3. The van der Waals surface area contributed by atoms with Gasteiger partial charge in [0.2, 0.25) is 11.4 Å². The van der Waals surface area contributed by atoms with E-state index < -0.39 is 0 Å². The van der Waals surface area contributed by atoms with Crippen LogP contribution < -0.4 is 4.57 Å². The number of aromatic nitrogens is 2. The number of hydrogen-bond donors (Lipinski definition) is 0. The van der Waals surface area contributed by atoms with Gasteiger partial charge in [0.1, 0.15) is 7.05 Å². The molecule has 1 aliphatic rings. The lowest BCUT2D eigenvalue weighted by Crippen LogP contribution is -2.30. The molecular formula is C30H29N2O+. The van der Waals surface area contributed by atoms with E-state index in [0.29, 0.717) is 5.71 Å². The lowest BCUT2D eigenvalue weighted by atomic mass is 9.84. The summed E-state index contributed by atoms with van der Waals surface area (Å²) in [5, 5.41) is 2.17. The smallest absolute Gasteiger partial charge is 0.227 e. The molecule has 0 amide bonds.